The standard InChI is InChI=1S/C16H20N2O2S/c1-18(11-15-8-12-5-6-14(15)7-12)21(19,20)16-4-2-3-13(9-16)10-17/h2-4,9,12,14-15H,5-8,11H2,1H3. The first-order chi connectivity index (χ1) is 10.0. The van der Waals surface area contributed by atoms with Gasteiger partial charge in [0, 0.05) is 13.6 Å². The molecule has 0 N–H and O–H groups in total. The maximum absolute atomic E-state index is 12.6. The van der Waals surface area contributed by atoms with Crippen LogP contribution in [0.25, 0.3) is 0 Å². The lowest BCUT2D eigenvalue weighted by Gasteiger charge is -2.26. The molecule has 21 heavy (non-hydrogen) atoms. The van der Waals surface area contributed by atoms with Gasteiger partial charge in [-0.1, -0.05) is 12.5 Å². The Morgan fingerprint density at radius 3 is 2.76 bits per heavy atom. The van der Waals surface area contributed by atoms with Gasteiger partial charge in [0.2, 0.25) is 10.0 Å². The average molecular weight is 304 g/mol. The van der Waals surface area contributed by atoms with Crippen molar-refractivity contribution < 1.29 is 8.42 Å². The molecule has 0 heterocycles. The highest BCUT2D eigenvalue weighted by Crippen LogP contribution is 2.48. The summed E-state index contributed by atoms with van der Waals surface area (Å²) < 4.78 is 26.7. The van der Waals surface area contributed by atoms with E-state index in [0.29, 0.717) is 23.9 Å². The Morgan fingerprint density at radius 1 is 1.33 bits per heavy atom. The van der Waals surface area contributed by atoms with Gasteiger partial charge in [-0.25, -0.2) is 12.7 Å². The minimum absolute atomic E-state index is 0.215. The first kappa shape index (κ1) is 14.6. The van der Waals surface area contributed by atoms with Crippen molar-refractivity contribution in [1.82, 2.24) is 4.31 Å². The Labute approximate surface area is 126 Å². The molecule has 3 unspecified atom stereocenters. The fraction of sp³-hybridized carbons (Fsp3) is 0.562. The molecule has 1 aromatic rings. The number of fused-ring (bicyclic) bond motifs is 2. The molecule has 2 aliphatic carbocycles. The number of nitriles is 1. The Morgan fingerprint density at radius 2 is 2.14 bits per heavy atom. The van der Waals surface area contributed by atoms with Crippen molar-refractivity contribution in [2.45, 2.75) is 30.6 Å². The van der Waals surface area contributed by atoms with Crippen LogP contribution in [0.4, 0.5) is 0 Å². The Kier molecular flexibility index (Phi) is 3.76. The van der Waals surface area contributed by atoms with Crippen LogP contribution in [0, 0.1) is 29.1 Å². The zero-order valence-corrected chi connectivity index (χ0v) is 13.0. The van der Waals surface area contributed by atoms with Crippen LogP contribution in [0.5, 0.6) is 0 Å². The Bertz CT molecular complexity index is 678. The van der Waals surface area contributed by atoms with Crippen LogP contribution in [0.3, 0.4) is 0 Å². The third-order valence-electron chi connectivity index (χ3n) is 5.05. The van der Waals surface area contributed by atoms with Crippen molar-refractivity contribution >= 4 is 10.0 Å². The molecule has 0 saturated heterocycles. The molecule has 2 fully saturated rings. The van der Waals surface area contributed by atoms with Crippen LogP contribution in [-0.2, 0) is 10.0 Å². The smallest absolute Gasteiger partial charge is 0.207 e. The van der Waals surface area contributed by atoms with Gasteiger partial charge in [0.1, 0.15) is 0 Å². The van der Waals surface area contributed by atoms with E-state index in [-0.39, 0.29) is 4.90 Å². The highest BCUT2D eigenvalue weighted by atomic mass is 32.2. The summed E-state index contributed by atoms with van der Waals surface area (Å²) in [7, 11) is -1.84. The van der Waals surface area contributed by atoms with Gasteiger partial charge in [0.05, 0.1) is 16.5 Å². The summed E-state index contributed by atoms with van der Waals surface area (Å²) in [5.74, 6) is 2.03. The molecule has 5 heteroatoms. The highest BCUT2D eigenvalue weighted by molar-refractivity contribution is 7.89. The number of rotatable bonds is 4. The monoisotopic (exact) mass is 304 g/mol. The lowest BCUT2D eigenvalue weighted by Crippen LogP contribution is -2.33. The van der Waals surface area contributed by atoms with E-state index < -0.39 is 10.0 Å². The largest absolute Gasteiger partial charge is 0.242 e. The van der Waals surface area contributed by atoms with E-state index in [1.165, 1.54) is 36.1 Å². The lowest BCUT2D eigenvalue weighted by atomic mass is 9.89. The Balaban J connectivity index is 1.76. The van der Waals surface area contributed by atoms with Gasteiger partial charge in [-0.15, -0.1) is 0 Å². The number of hydrogen-bond acceptors (Lipinski definition) is 3. The minimum Gasteiger partial charge on any atom is -0.207 e. The van der Waals surface area contributed by atoms with E-state index >= 15 is 0 Å². The summed E-state index contributed by atoms with van der Waals surface area (Å²) in [6, 6.07) is 8.25. The molecule has 112 valence electrons. The second-order valence-corrected chi connectivity index (χ2v) is 8.41. The highest BCUT2D eigenvalue weighted by Gasteiger charge is 2.40. The van der Waals surface area contributed by atoms with Gasteiger partial charge >= 0.3 is 0 Å². The molecule has 0 radical (unpaired) electrons. The quantitative estimate of drug-likeness (QED) is 0.859. The van der Waals surface area contributed by atoms with Crippen molar-refractivity contribution in [3.63, 3.8) is 0 Å². The molecule has 1 aromatic carbocycles. The third-order valence-corrected chi connectivity index (χ3v) is 6.87. The summed E-state index contributed by atoms with van der Waals surface area (Å²) in [5.41, 5.74) is 0.379. The van der Waals surface area contributed by atoms with E-state index in [0.717, 1.165) is 5.92 Å². The predicted molar refractivity (Wildman–Crippen MR) is 79.9 cm³/mol. The van der Waals surface area contributed by atoms with Crippen molar-refractivity contribution in [2.24, 2.45) is 17.8 Å². The van der Waals surface area contributed by atoms with Crippen molar-refractivity contribution in [3.8, 4) is 6.07 Å². The van der Waals surface area contributed by atoms with Crippen molar-refractivity contribution in [2.75, 3.05) is 13.6 Å². The minimum atomic E-state index is -3.49. The average Bonchev–Trinajstić information content (AvgIpc) is 3.09. The topological polar surface area (TPSA) is 61.2 Å². The number of nitrogens with zero attached hydrogens (tertiary/aromatic N) is 2. The van der Waals surface area contributed by atoms with Gasteiger partial charge in [-0.2, -0.15) is 5.26 Å². The zero-order chi connectivity index (χ0) is 15.0. The maximum Gasteiger partial charge on any atom is 0.242 e. The molecular weight excluding hydrogens is 284 g/mol. The molecule has 4 nitrogen and oxygen atoms in total. The van der Waals surface area contributed by atoms with E-state index in [1.807, 2.05) is 6.07 Å². The summed E-state index contributed by atoms with van der Waals surface area (Å²) in [6.45, 7) is 0.598. The fourth-order valence-corrected chi connectivity index (χ4v) is 5.21. The summed E-state index contributed by atoms with van der Waals surface area (Å²) in [5, 5.41) is 8.91. The fourth-order valence-electron chi connectivity index (χ4n) is 3.93. The number of sulfonamides is 1. The molecule has 2 saturated carbocycles. The summed E-state index contributed by atoms with van der Waals surface area (Å²) >= 11 is 0. The van der Waals surface area contributed by atoms with Crippen LogP contribution in [-0.4, -0.2) is 26.3 Å². The van der Waals surface area contributed by atoms with E-state index in [2.05, 4.69) is 0 Å². The second kappa shape index (κ2) is 5.43. The van der Waals surface area contributed by atoms with Crippen LogP contribution in [0.2, 0.25) is 0 Å². The molecule has 2 bridgehead atoms. The molecule has 0 aromatic heterocycles. The molecule has 2 aliphatic rings. The number of benzene rings is 1. The van der Waals surface area contributed by atoms with Gasteiger partial charge in [-0.05, 0) is 55.2 Å². The third kappa shape index (κ3) is 2.70. The van der Waals surface area contributed by atoms with Crippen LogP contribution in [0.15, 0.2) is 29.2 Å². The normalized spacial score (nSPS) is 28.0. The molecule has 0 aliphatic heterocycles. The predicted octanol–water partition coefficient (Wildman–Crippen LogP) is 2.61. The maximum atomic E-state index is 12.6. The van der Waals surface area contributed by atoms with E-state index in [9.17, 15) is 8.42 Å². The van der Waals surface area contributed by atoms with Gasteiger partial charge in [0.15, 0.2) is 0 Å². The zero-order valence-electron chi connectivity index (χ0n) is 12.2. The van der Waals surface area contributed by atoms with Crippen molar-refractivity contribution in [1.29, 1.82) is 5.26 Å². The first-order valence-corrected chi connectivity index (χ1v) is 8.91. The molecule has 0 spiro atoms. The second-order valence-electron chi connectivity index (χ2n) is 6.36. The summed E-state index contributed by atoms with van der Waals surface area (Å²) in [4.78, 5) is 0.215. The summed E-state index contributed by atoms with van der Waals surface area (Å²) in [6.07, 6.45) is 5.03. The van der Waals surface area contributed by atoms with Gasteiger partial charge < -0.3 is 0 Å². The Hall–Kier alpha value is -1.38. The van der Waals surface area contributed by atoms with E-state index in [1.54, 1.807) is 25.2 Å². The number of hydrogen-bond donors (Lipinski definition) is 0. The molecule has 0 amide bonds. The molecule has 3 atom stereocenters. The van der Waals surface area contributed by atoms with Gasteiger partial charge in [0.25, 0.3) is 0 Å². The van der Waals surface area contributed by atoms with E-state index in [4.69, 9.17) is 5.26 Å². The van der Waals surface area contributed by atoms with Gasteiger partial charge in [-0.3, -0.25) is 0 Å². The lowest BCUT2D eigenvalue weighted by molar-refractivity contribution is 0.280. The molecule has 3 rings (SSSR count). The molecular formula is C16H20N2O2S. The van der Waals surface area contributed by atoms with Crippen LogP contribution >= 0.6 is 0 Å². The van der Waals surface area contributed by atoms with Crippen molar-refractivity contribution in [3.05, 3.63) is 29.8 Å². The van der Waals surface area contributed by atoms with Crippen LogP contribution < -0.4 is 0 Å². The van der Waals surface area contributed by atoms with Crippen LogP contribution in [0.1, 0.15) is 31.2 Å². The first-order valence-electron chi connectivity index (χ1n) is 7.47. The SMILES string of the molecule is CN(CC1CC2CCC1C2)S(=O)(=O)c1cccc(C#N)c1.